The van der Waals surface area contributed by atoms with Crippen LogP contribution in [-0.4, -0.2) is 20.2 Å². The standard InChI is InChI=1S/C9H15NO2S2/c1-7(2)8(6-10)14(11,12)9-4-3-5-13-9/h3-5,7-8H,6,10H2,1-2H3. The minimum atomic E-state index is -3.21. The fourth-order valence-electron chi connectivity index (χ4n) is 1.33. The van der Waals surface area contributed by atoms with Crippen molar-refractivity contribution in [1.29, 1.82) is 0 Å². The third kappa shape index (κ3) is 2.16. The second-order valence-corrected chi connectivity index (χ2v) is 6.84. The highest BCUT2D eigenvalue weighted by Crippen LogP contribution is 2.24. The van der Waals surface area contributed by atoms with Crippen LogP contribution in [0.25, 0.3) is 0 Å². The number of hydrogen-bond donors (Lipinski definition) is 1. The van der Waals surface area contributed by atoms with Gasteiger partial charge in [0.25, 0.3) is 0 Å². The Morgan fingerprint density at radius 1 is 1.50 bits per heavy atom. The van der Waals surface area contributed by atoms with E-state index in [4.69, 9.17) is 5.73 Å². The van der Waals surface area contributed by atoms with E-state index in [1.165, 1.54) is 11.3 Å². The molecule has 0 aliphatic carbocycles. The molecule has 0 aromatic carbocycles. The Hall–Kier alpha value is -0.390. The van der Waals surface area contributed by atoms with Crippen molar-refractivity contribution in [1.82, 2.24) is 0 Å². The highest BCUT2D eigenvalue weighted by atomic mass is 32.2. The summed E-state index contributed by atoms with van der Waals surface area (Å²) in [6, 6.07) is 3.37. The maximum atomic E-state index is 12.0. The van der Waals surface area contributed by atoms with Gasteiger partial charge >= 0.3 is 0 Å². The van der Waals surface area contributed by atoms with Gasteiger partial charge in [-0.15, -0.1) is 11.3 Å². The van der Waals surface area contributed by atoms with Gasteiger partial charge in [0.1, 0.15) is 4.21 Å². The molecule has 80 valence electrons. The third-order valence-electron chi connectivity index (χ3n) is 2.15. The molecule has 14 heavy (non-hydrogen) atoms. The lowest BCUT2D eigenvalue weighted by atomic mass is 10.1. The lowest BCUT2D eigenvalue weighted by Gasteiger charge is -2.17. The molecule has 0 aliphatic rings. The van der Waals surface area contributed by atoms with Gasteiger partial charge in [-0.1, -0.05) is 19.9 Å². The summed E-state index contributed by atoms with van der Waals surface area (Å²) in [5.41, 5.74) is 5.49. The Morgan fingerprint density at radius 2 is 2.14 bits per heavy atom. The minimum Gasteiger partial charge on any atom is -0.329 e. The summed E-state index contributed by atoms with van der Waals surface area (Å²) >= 11 is 1.25. The molecule has 0 aliphatic heterocycles. The lowest BCUT2D eigenvalue weighted by molar-refractivity contribution is 0.535. The molecule has 1 heterocycles. The van der Waals surface area contributed by atoms with Crippen molar-refractivity contribution in [3.05, 3.63) is 17.5 Å². The molecule has 0 bridgehead atoms. The lowest BCUT2D eigenvalue weighted by Crippen LogP contribution is -2.34. The van der Waals surface area contributed by atoms with Crippen molar-refractivity contribution in [2.24, 2.45) is 11.7 Å². The van der Waals surface area contributed by atoms with Gasteiger partial charge in [-0.25, -0.2) is 8.42 Å². The molecular formula is C9H15NO2S2. The van der Waals surface area contributed by atoms with Crippen molar-refractivity contribution < 1.29 is 8.42 Å². The van der Waals surface area contributed by atoms with Crippen LogP contribution in [0.3, 0.4) is 0 Å². The zero-order valence-corrected chi connectivity index (χ0v) is 9.94. The van der Waals surface area contributed by atoms with E-state index in [-0.39, 0.29) is 12.5 Å². The van der Waals surface area contributed by atoms with Crippen molar-refractivity contribution in [3.63, 3.8) is 0 Å². The van der Waals surface area contributed by atoms with Crippen molar-refractivity contribution in [2.45, 2.75) is 23.3 Å². The number of hydrogen-bond acceptors (Lipinski definition) is 4. The van der Waals surface area contributed by atoms with Crippen LogP contribution in [0.15, 0.2) is 21.7 Å². The van der Waals surface area contributed by atoms with Gasteiger partial charge in [-0.05, 0) is 17.4 Å². The zero-order chi connectivity index (χ0) is 10.8. The Balaban J connectivity index is 3.07. The van der Waals surface area contributed by atoms with E-state index in [2.05, 4.69) is 0 Å². The SMILES string of the molecule is CC(C)C(CN)S(=O)(=O)c1cccs1. The topological polar surface area (TPSA) is 60.2 Å². The monoisotopic (exact) mass is 233 g/mol. The van der Waals surface area contributed by atoms with E-state index in [1.54, 1.807) is 17.5 Å². The minimum absolute atomic E-state index is 0.0482. The van der Waals surface area contributed by atoms with Gasteiger partial charge in [0.2, 0.25) is 0 Å². The Morgan fingerprint density at radius 3 is 2.50 bits per heavy atom. The molecule has 1 aromatic heterocycles. The first-order valence-corrected chi connectivity index (χ1v) is 6.90. The molecule has 0 fully saturated rings. The average molecular weight is 233 g/mol. The van der Waals surface area contributed by atoms with E-state index in [1.807, 2.05) is 13.8 Å². The van der Waals surface area contributed by atoms with E-state index in [0.717, 1.165) is 0 Å². The summed E-state index contributed by atoms with van der Waals surface area (Å²) in [7, 11) is -3.21. The summed E-state index contributed by atoms with van der Waals surface area (Å²) in [4.78, 5) is 0. The van der Waals surface area contributed by atoms with Gasteiger partial charge in [0, 0.05) is 6.54 Å². The van der Waals surface area contributed by atoms with Crippen LogP contribution in [0.1, 0.15) is 13.8 Å². The van der Waals surface area contributed by atoms with E-state index in [9.17, 15) is 8.42 Å². The van der Waals surface area contributed by atoms with Crippen LogP contribution in [0, 0.1) is 5.92 Å². The highest BCUT2D eigenvalue weighted by Gasteiger charge is 2.29. The van der Waals surface area contributed by atoms with E-state index < -0.39 is 15.1 Å². The van der Waals surface area contributed by atoms with Crippen LogP contribution in [-0.2, 0) is 9.84 Å². The number of sulfone groups is 1. The van der Waals surface area contributed by atoms with Gasteiger partial charge in [0.05, 0.1) is 5.25 Å². The third-order valence-corrected chi connectivity index (χ3v) is 6.03. The quantitative estimate of drug-likeness (QED) is 0.857. The predicted octanol–water partition coefficient (Wildman–Crippen LogP) is 1.51. The zero-order valence-electron chi connectivity index (χ0n) is 8.30. The summed E-state index contributed by atoms with van der Waals surface area (Å²) in [6.07, 6.45) is 0. The Labute approximate surface area is 88.9 Å². The Kier molecular flexibility index (Phi) is 3.69. The number of thiophene rings is 1. The molecular weight excluding hydrogens is 218 g/mol. The second-order valence-electron chi connectivity index (χ2n) is 3.50. The summed E-state index contributed by atoms with van der Waals surface area (Å²) in [6.45, 7) is 3.93. The van der Waals surface area contributed by atoms with E-state index >= 15 is 0 Å². The average Bonchev–Trinajstić information content (AvgIpc) is 2.55. The molecule has 1 aromatic rings. The van der Waals surface area contributed by atoms with Crippen LogP contribution in [0.5, 0.6) is 0 Å². The fraction of sp³-hybridized carbons (Fsp3) is 0.556. The van der Waals surface area contributed by atoms with Gasteiger partial charge in [-0.2, -0.15) is 0 Å². The smallest absolute Gasteiger partial charge is 0.192 e. The molecule has 3 nitrogen and oxygen atoms in total. The van der Waals surface area contributed by atoms with E-state index in [0.29, 0.717) is 4.21 Å². The largest absolute Gasteiger partial charge is 0.329 e. The highest BCUT2D eigenvalue weighted by molar-refractivity contribution is 7.94. The molecule has 0 saturated carbocycles. The fourth-order valence-corrected chi connectivity index (χ4v) is 4.39. The van der Waals surface area contributed by atoms with Crippen LogP contribution < -0.4 is 5.73 Å². The first-order valence-electron chi connectivity index (χ1n) is 4.47. The van der Waals surface area contributed by atoms with Gasteiger partial charge in [0.15, 0.2) is 9.84 Å². The van der Waals surface area contributed by atoms with Crippen LogP contribution >= 0.6 is 11.3 Å². The summed E-state index contributed by atoms with van der Waals surface area (Å²) < 4.78 is 24.4. The molecule has 5 heteroatoms. The molecule has 2 N–H and O–H groups in total. The second kappa shape index (κ2) is 4.42. The molecule has 0 spiro atoms. The normalized spacial score (nSPS) is 14.6. The van der Waals surface area contributed by atoms with Crippen molar-refractivity contribution in [3.8, 4) is 0 Å². The summed E-state index contributed by atoms with van der Waals surface area (Å²) in [5.74, 6) is 0.0482. The van der Waals surface area contributed by atoms with Crippen molar-refractivity contribution in [2.75, 3.05) is 6.54 Å². The number of rotatable bonds is 4. The number of nitrogens with two attached hydrogens (primary N) is 1. The summed E-state index contributed by atoms with van der Waals surface area (Å²) in [5, 5.41) is 1.29. The van der Waals surface area contributed by atoms with Gasteiger partial charge < -0.3 is 5.73 Å². The predicted molar refractivity (Wildman–Crippen MR) is 59.2 cm³/mol. The van der Waals surface area contributed by atoms with Gasteiger partial charge in [-0.3, -0.25) is 0 Å². The molecule has 0 amide bonds. The maximum absolute atomic E-state index is 12.0. The molecule has 1 rings (SSSR count). The first kappa shape index (κ1) is 11.7. The van der Waals surface area contributed by atoms with Crippen LogP contribution in [0.4, 0.5) is 0 Å². The molecule has 1 unspecified atom stereocenters. The van der Waals surface area contributed by atoms with Crippen molar-refractivity contribution >= 4 is 21.2 Å². The molecule has 0 radical (unpaired) electrons. The molecule has 0 saturated heterocycles. The first-order chi connectivity index (χ1) is 6.50. The van der Waals surface area contributed by atoms with Crippen LogP contribution in [0.2, 0.25) is 0 Å². The molecule has 1 atom stereocenters. The maximum Gasteiger partial charge on any atom is 0.192 e. The Bertz CT molecular complexity index is 368.